The number of aliphatic imine (C=N–C) groups is 1. The normalized spacial score (nSPS) is 13.0. The Morgan fingerprint density at radius 1 is 0.878 bits per heavy atom. The monoisotopic (exact) mass is 564 g/mol. The highest BCUT2D eigenvalue weighted by Crippen LogP contribution is 2.19. The maximum absolute atomic E-state index is 13.4. The molecule has 41 heavy (non-hydrogen) atoms. The van der Waals surface area contributed by atoms with Gasteiger partial charge in [0, 0.05) is 43.4 Å². The van der Waals surface area contributed by atoms with Crippen LogP contribution in [0.4, 0.5) is 0 Å². The molecule has 1 aromatic heterocycles. The van der Waals surface area contributed by atoms with E-state index in [1.54, 1.807) is 18.3 Å². The molecule has 1 heterocycles. The predicted molar refractivity (Wildman–Crippen MR) is 154 cm³/mol. The van der Waals surface area contributed by atoms with E-state index < -0.39 is 41.8 Å². The van der Waals surface area contributed by atoms with E-state index in [1.807, 2.05) is 24.3 Å². The fourth-order valence-corrected chi connectivity index (χ4v) is 4.38. The fraction of sp³-hybridized carbons (Fsp3) is 0.321. The summed E-state index contributed by atoms with van der Waals surface area (Å²) in [5.41, 5.74) is 18.7. The Morgan fingerprint density at radius 2 is 1.54 bits per heavy atom. The molecule has 3 atom stereocenters. The summed E-state index contributed by atoms with van der Waals surface area (Å²) >= 11 is 0. The summed E-state index contributed by atoms with van der Waals surface area (Å²) in [6, 6.07) is 10.5. The molecule has 218 valence electrons. The van der Waals surface area contributed by atoms with Crippen molar-refractivity contribution in [1.82, 2.24) is 20.9 Å². The minimum Gasteiger partial charge on any atom is -0.508 e. The summed E-state index contributed by atoms with van der Waals surface area (Å²) < 4.78 is 0. The van der Waals surface area contributed by atoms with Crippen LogP contribution in [0.25, 0.3) is 10.9 Å². The highest BCUT2D eigenvalue weighted by molar-refractivity contribution is 5.94. The number of fused-ring (bicyclic) bond motifs is 1. The van der Waals surface area contributed by atoms with Crippen molar-refractivity contribution < 1.29 is 24.3 Å². The Labute approximate surface area is 236 Å². The highest BCUT2D eigenvalue weighted by Gasteiger charge is 2.29. The number of aromatic hydroxyl groups is 1. The molecule has 4 amide bonds. The topological polar surface area (TPSA) is 231 Å². The van der Waals surface area contributed by atoms with E-state index in [4.69, 9.17) is 17.2 Å². The van der Waals surface area contributed by atoms with Crippen LogP contribution in [0.5, 0.6) is 5.75 Å². The number of rotatable bonds is 14. The number of aromatic nitrogens is 1. The maximum Gasteiger partial charge on any atom is 0.243 e. The van der Waals surface area contributed by atoms with Crippen LogP contribution in [0.3, 0.4) is 0 Å². The Morgan fingerprint density at radius 3 is 2.20 bits per heavy atom. The first kappa shape index (κ1) is 30.5. The van der Waals surface area contributed by atoms with Crippen LogP contribution >= 0.6 is 0 Å². The molecule has 0 radical (unpaired) electrons. The minimum atomic E-state index is -1.09. The number of hydrogen-bond donors (Lipinski definition) is 8. The van der Waals surface area contributed by atoms with Crippen LogP contribution in [-0.2, 0) is 32.0 Å². The van der Waals surface area contributed by atoms with Crippen molar-refractivity contribution >= 4 is 40.5 Å². The number of hydrogen-bond acceptors (Lipinski definition) is 6. The van der Waals surface area contributed by atoms with Crippen molar-refractivity contribution in [2.24, 2.45) is 22.2 Å². The lowest BCUT2D eigenvalue weighted by molar-refractivity contribution is -0.133. The third-order valence-corrected chi connectivity index (χ3v) is 6.41. The van der Waals surface area contributed by atoms with Crippen LogP contribution < -0.4 is 33.2 Å². The van der Waals surface area contributed by atoms with Crippen LogP contribution in [0, 0.1) is 0 Å². The number of nitrogens with zero attached hydrogens (tertiary/aromatic N) is 1. The van der Waals surface area contributed by atoms with E-state index in [0.717, 1.165) is 16.5 Å². The zero-order valence-corrected chi connectivity index (χ0v) is 22.7. The molecular formula is C28H36N8O5. The first-order valence-corrected chi connectivity index (χ1v) is 13.1. The second-order valence-corrected chi connectivity index (χ2v) is 9.66. The second-order valence-electron chi connectivity index (χ2n) is 9.66. The number of primary amides is 1. The SMILES string of the molecule is CC(=O)N[C@H](Cc1c[nH]c2ccccc12)C(=O)N[C@H](CCCN=C(N)N)C(=O)N[C@H](Cc1ccc(O)cc1)C(N)=O. The molecule has 3 aromatic rings. The number of phenolic OH excluding ortho intramolecular Hbond substituents is 1. The van der Waals surface area contributed by atoms with E-state index in [0.29, 0.717) is 12.0 Å². The number of carbonyl (C=O) groups excluding carboxylic acids is 4. The molecule has 0 saturated carbocycles. The van der Waals surface area contributed by atoms with Gasteiger partial charge in [-0.2, -0.15) is 0 Å². The van der Waals surface area contributed by atoms with E-state index >= 15 is 0 Å². The maximum atomic E-state index is 13.4. The standard InChI is InChI=1S/C28H36N8O5/c1-16(37)34-24(14-18-15-33-21-6-3-2-5-20(18)21)27(41)35-22(7-4-12-32-28(30)31)26(40)36-23(25(29)39)13-17-8-10-19(38)11-9-17/h2-3,5-6,8-11,15,22-24,33,38H,4,7,12-14H2,1H3,(H2,29,39)(H,34,37)(H,35,41)(H,36,40)(H4,30,31,32)/t22-,23-,24-/m1/s1. The molecule has 0 spiro atoms. The number of phenols is 1. The van der Waals surface area contributed by atoms with Crippen molar-refractivity contribution in [1.29, 1.82) is 0 Å². The molecule has 0 fully saturated rings. The van der Waals surface area contributed by atoms with Gasteiger partial charge in [0.1, 0.15) is 23.9 Å². The molecular weight excluding hydrogens is 528 g/mol. The molecule has 0 aliphatic carbocycles. The lowest BCUT2D eigenvalue weighted by atomic mass is 10.0. The lowest BCUT2D eigenvalue weighted by Crippen LogP contribution is -2.57. The number of guanidine groups is 1. The van der Waals surface area contributed by atoms with E-state index in [-0.39, 0.29) is 37.5 Å². The van der Waals surface area contributed by atoms with E-state index in [9.17, 15) is 24.3 Å². The zero-order valence-electron chi connectivity index (χ0n) is 22.7. The molecule has 11 N–H and O–H groups in total. The number of amides is 4. The summed E-state index contributed by atoms with van der Waals surface area (Å²) in [7, 11) is 0. The number of nitrogens with one attached hydrogen (secondary N) is 4. The van der Waals surface area contributed by atoms with E-state index in [2.05, 4.69) is 25.9 Å². The quantitative estimate of drug-likeness (QED) is 0.0737. The fourth-order valence-electron chi connectivity index (χ4n) is 4.38. The molecule has 3 rings (SSSR count). The summed E-state index contributed by atoms with van der Waals surface area (Å²) in [6.45, 7) is 1.51. The van der Waals surface area contributed by atoms with Gasteiger partial charge in [0.15, 0.2) is 5.96 Å². The van der Waals surface area contributed by atoms with Crippen molar-refractivity contribution in [3.8, 4) is 5.75 Å². The van der Waals surface area contributed by atoms with Gasteiger partial charge in [0.05, 0.1) is 0 Å². The second kappa shape index (κ2) is 14.4. The van der Waals surface area contributed by atoms with Crippen LogP contribution in [-0.4, -0.2) is 64.3 Å². The van der Waals surface area contributed by atoms with Crippen molar-refractivity contribution in [3.05, 3.63) is 65.9 Å². The summed E-state index contributed by atoms with van der Waals surface area (Å²) in [5.74, 6) is -2.46. The van der Waals surface area contributed by atoms with Gasteiger partial charge in [-0.25, -0.2) is 0 Å². The Kier molecular flexibility index (Phi) is 10.7. The summed E-state index contributed by atoms with van der Waals surface area (Å²) in [4.78, 5) is 58.0. The van der Waals surface area contributed by atoms with Gasteiger partial charge >= 0.3 is 0 Å². The molecule has 0 aliphatic rings. The lowest BCUT2D eigenvalue weighted by Gasteiger charge is -2.24. The van der Waals surface area contributed by atoms with Gasteiger partial charge in [-0.1, -0.05) is 30.3 Å². The largest absolute Gasteiger partial charge is 0.508 e. The average molecular weight is 565 g/mol. The highest BCUT2D eigenvalue weighted by atomic mass is 16.3. The van der Waals surface area contributed by atoms with Gasteiger partial charge in [0.2, 0.25) is 23.6 Å². The molecule has 0 unspecified atom stereocenters. The Hall–Kier alpha value is -5.07. The molecule has 13 heteroatoms. The molecule has 0 bridgehead atoms. The zero-order chi connectivity index (χ0) is 29.9. The molecule has 2 aromatic carbocycles. The molecule has 13 nitrogen and oxygen atoms in total. The van der Waals surface area contributed by atoms with Crippen molar-refractivity contribution in [2.45, 2.75) is 50.7 Å². The number of para-hydroxylation sites is 1. The third-order valence-electron chi connectivity index (χ3n) is 6.41. The van der Waals surface area contributed by atoms with Crippen LogP contribution in [0.15, 0.2) is 59.7 Å². The average Bonchev–Trinajstić information content (AvgIpc) is 3.33. The third kappa shape index (κ3) is 9.27. The number of carbonyl (C=O) groups is 4. The van der Waals surface area contributed by atoms with Crippen molar-refractivity contribution in [3.63, 3.8) is 0 Å². The van der Waals surface area contributed by atoms with Gasteiger partial charge in [-0.15, -0.1) is 0 Å². The molecule has 0 aliphatic heterocycles. The number of aromatic amines is 1. The Balaban J connectivity index is 1.78. The number of H-pyrrole nitrogens is 1. The first-order valence-electron chi connectivity index (χ1n) is 13.1. The van der Waals surface area contributed by atoms with Gasteiger partial charge in [0.25, 0.3) is 0 Å². The summed E-state index contributed by atoms with van der Waals surface area (Å²) in [6.07, 6.45) is 2.49. The Bertz CT molecular complexity index is 1400. The molecule has 0 saturated heterocycles. The van der Waals surface area contributed by atoms with Gasteiger partial charge in [-0.05, 0) is 42.2 Å². The predicted octanol–water partition coefficient (Wildman–Crippen LogP) is -0.328. The van der Waals surface area contributed by atoms with Crippen LogP contribution in [0.2, 0.25) is 0 Å². The van der Waals surface area contributed by atoms with Gasteiger partial charge in [-0.3, -0.25) is 24.2 Å². The smallest absolute Gasteiger partial charge is 0.243 e. The van der Waals surface area contributed by atoms with E-state index in [1.165, 1.54) is 19.1 Å². The number of nitrogens with two attached hydrogens (primary N) is 3. The van der Waals surface area contributed by atoms with Crippen molar-refractivity contribution in [2.75, 3.05) is 6.54 Å². The summed E-state index contributed by atoms with van der Waals surface area (Å²) in [5, 5.41) is 18.4. The van der Waals surface area contributed by atoms with Gasteiger partial charge < -0.3 is 43.2 Å². The number of benzene rings is 2. The first-order chi connectivity index (χ1) is 19.5. The van der Waals surface area contributed by atoms with Crippen LogP contribution in [0.1, 0.15) is 30.9 Å². The minimum absolute atomic E-state index is 0.0540.